The van der Waals surface area contributed by atoms with Crippen LogP contribution < -0.4 is 5.43 Å². The van der Waals surface area contributed by atoms with Crippen molar-refractivity contribution < 1.29 is 23.5 Å². The van der Waals surface area contributed by atoms with Crippen molar-refractivity contribution in [3.8, 4) is 0 Å². The third kappa shape index (κ3) is 5.02. The van der Waals surface area contributed by atoms with Gasteiger partial charge in [-0.05, 0) is 26.0 Å². The molecule has 154 valence electrons. The summed E-state index contributed by atoms with van der Waals surface area (Å²) in [5.41, 5.74) is 0.645. The molecule has 4 bridgehead atoms. The summed E-state index contributed by atoms with van der Waals surface area (Å²) in [5.74, 6) is 0.561. The van der Waals surface area contributed by atoms with Crippen LogP contribution in [0.15, 0.2) is 27.4 Å². The second-order valence-corrected chi connectivity index (χ2v) is 8.05. The van der Waals surface area contributed by atoms with Crippen molar-refractivity contribution in [2.45, 2.75) is 36.9 Å². The van der Waals surface area contributed by atoms with Gasteiger partial charge in [-0.15, -0.1) is 23.5 Å². The number of hydrogen-bond donors (Lipinski definition) is 0. The van der Waals surface area contributed by atoms with E-state index >= 15 is 0 Å². The first kappa shape index (κ1) is 21.4. The molecule has 0 unspecified atom stereocenters. The quantitative estimate of drug-likeness (QED) is 0.668. The number of thioether (sulfide) groups is 2. The number of esters is 2. The Kier molecular flexibility index (Phi) is 7.38. The van der Waals surface area contributed by atoms with Crippen LogP contribution in [-0.4, -0.2) is 30.1 Å². The molecule has 0 amide bonds. The number of nitrogens with zero attached hydrogens (tertiary/aromatic N) is 1. The lowest BCUT2D eigenvalue weighted by Crippen LogP contribution is -2.28. The largest absolute Gasteiger partial charge is 0.462 e. The van der Waals surface area contributed by atoms with Gasteiger partial charge in [-0.3, -0.25) is 9.78 Å². The van der Waals surface area contributed by atoms with Crippen LogP contribution in [0, 0.1) is 0 Å². The Hall–Kier alpha value is -2.26. The second-order valence-electron chi connectivity index (χ2n) is 6.07. The maximum absolute atomic E-state index is 13.1. The summed E-state index contributed by atoms with van der Waals surface area (Å²) in [4.78, 5) is 42.7. The standard InChI is InChI=1S/C20H21NO6S2/c1-3-25-19(23)16-14-10-28-8-12-6-5-7-13(21-12)9-29-11-15(27-14)17(18(16)22)20(24)26-4-2/h5-7H,3-4,8-11H2,1-2H3. The molecule has 9 heteroatoms. The zero-order valence-electron chi connectivity index (χ0n) is 16.2. The van der Waals surface area contributed by atoms with E-state index < -0.39 is 17.4 Å². The average molecular weight is 436 g/mol. The Morgan fingerprint density at radius 3 is 1.86 bits per heavy atom. The minimum atomic E-state index is -0.797. The zero-order valence-corrected chi connectivity index (χ0v) is 17.8. The number of rotatable bonds is 4. The summed E-state index contributed by atoms with van der Waals surface area (Å²) in [6, 6.07) is 5.83. The second kappa shape index (κ2) is 9.98. The molecular formula is C20H21NO6S2. The molecule has 0 aliphatic carbocycles. The number of carbonyl (C=O) groups is 2. The molecule has 0 spiro atoms. The normalized spacial score (nSPS) is 13.7. The Balaban J connectivity index is 2.09. The fourth-order valence-corrected chi connectivity index (χ4v) is 4.56. The van der Waals surface area contributed by atoms with E-state index in [9.17, 15) is 14.4 Å². The molecule has 0 aromatic carbocycles. The van der Waals surface area contributed by atoms with Crippen LogP contribution in [0.1, 0.15) is 57.5 Å². The fourth-order valence-electron chi connectivity index (χ4n) is 2.84. The van der Waals surface area contributed by atoms with E-state index in [0.717, 1.165) is 11.4 Å². The molecule has 3 heterocycles. The van der Waals surface area contributed by atoms with Crippen LogP contribution in [0.3, 0.4) is 0 Å². The number of ether oxygens (including phenoxy) is 2. The minimum absolute atomic E-state index is 0.105. The number of carbonyl (C=O) groups excluding carboxylic acids is 2. The summed E-state index contributed by atoms with van der Waals surface area (Å²) in [6.45, 7) is 3.51. The van der Waals surface area contributed by atoms with E-state index in [1.54, 1.807) is 13.8 Å². The minimum Gasteiger partial charge on any atom is -0.462 e. The molecule has 0 saturated heterocycles. The monoisotopic (exact) mass is 435 g/mol. The van der Waals surface area contributed by atoms with Crippen molar-refractivity contribution in [3.05, 3.63) is 62.5 Å². The molecule has 0 saturated carbocycles. The molecular weight excluding hydrogens is 414 g/mol. The van der Waals surface area contributed by atoms with Gasteiger partial charge in [-0.1, -0.05) is 6.07 Å². The lowest BCUT2D eigenvalue weighted by Gasteiger charge is -2.14. The highest BCUT2D eigenvalue weighted by molar-refractivity contribution is 7.98. The van der Waals surface area contributed by atoms with Crippen molar-refractivity contribution in [3.63, 3.8) is 0 Å². The summed E-state index contributed by atoms with van der Waals surface area (Å²) in [6.07, 6.45) is 0. The average Bonchev–Trinajstić information content (AvgIpc) is 2.68. The van der Waals surface area contributed by atoms with Crippen LogP contribution in [0.2, 0.25) is 0 Å². The smallest absolute Gasteiger partial charge is 0.345 e. The van der Waals surface area contributed by atoms with E-state index in [4.69, 9.17) is 13.9 Å². The number of aromatic nitrogens is 1. The summed E-state index contributed by atoms with van der Waals surface area (Å²) >= 11 is 2.94. The summed E-state index contributed by atoms with van der Waals surface area (Å²) in [5, 5.41) is 0. The van der Waals surface area contributed by atoms with Crippen LogP contribution in [0.5, 0.6) is 0 Å². The molecule has 7 nitrogen and oxygen atoms in total. The van der Waals surface area contributed by atoms with Crippen molar-refractivity contribution in [1.29, 1.82) is 0 Å². The SMILES string of the molecule is CCOC(=O)c1c2oc(c(C(=O)OCC)c1=O)CSCc1cccc(n1)CSC2. The first-order chi connectivity index (χ1) is 14.0. The lowest BCUT2D eigenvalue weighted by atomic mass is 10.1. The van der Waals surface area contributed by atoms with Crippen LogP contribution in [0.25, 0.3) is 0 Å². The van der Waals surface area contributed by atoms with Gasteiger partial charge in [0.05, 0.1) is 36.1 Å². The maximum atomic E-state index is 13.1. The van der Waals surface area contributed by atoms with Crippen molar-refractivity contribution >= 4 is 35.5 Å². The summed E-state index contributed by atoms with van der Waals surface area (Å²) in [7, 11) is 0. The number of pyridine rings is 1. The van der Waals surface area contributed by atoms with E-state index in [2.05, 4.69) is 4.98 Å². The van der Waals surface area contributed by atoms with Gasteiger partial charge in [0.15, 0.2) is 0 Å². The molecule has 0 atom stereocenters. The molecule has 0 radical (unpaired) electrons. The van der Waals surface area contributed by atoms with Gasteiger partial charge < -0.3 is 13.9 Å². The molecule has 2 aromatic rings. The van der Waals surface area contributed by atoms with E-state index in [1.807, 2.05) is 18.2 Å². The van der Waals surface area contributed by atoms with Crippen molar-refractivity contribution in [2.75, 3.05) is 13.2 Å². The van der Waals surface area contributed by atoms with Crippen LogP contribution >= 0.6 is 23.5 Å². The van der Waals surface area contributed by atoms with E-state index in [0.29, 0.717) is 11.5 Å². The van der Waals surface area contributed by atoms with Crippen molar-refractivity contribution in [1.82, 2.24) is 4.98 Å². The maximum Gasteiger partial charge on any atom is 0.345 e. The molecule has 29 heavy (non-hydrogen) atoms. The molecule has 0 fully saturated rings. The van der Waals surface area contributed by atoms with Gasteiger partial charge in [0.1, 0.15) is 22.6 Å². The molecule has 0 N–H and O–H groups in total. The molecule has 2 aromatic heterocycles. The van der Waals surface area contributed by atoms with Gasteiger partial charge in [-0.25, -0.2) is 9.59 Å². The van der Waals surface area contributed by atoms with Crippen LogP contribution in [-0.2, 0) is 32.5 Å². The van der Waals surface area contributed by atoms with E-state index in [-0.39, 0.29) is 47.4 Å². The number of hydrogen-bond acceptors (Lipinski definition) is 9. The van der Waals surface area contributed by atoms with Gasteiger partial charge in [0.25, 0.3) is 0 Å². The predicted octanol–water partition coefficient (Wildman–Crippen LogP) is 3.57. The Morgan fingerprint density at radius 2 is 1.41 bits per heavy atom. The highest BCUT2D eigenvalue weighted by Crippen LogP contribution is 2.27. The first-order valence-corrected chi connectivity index (χ1v) is 11.5. The zero-order chi connectivity index (χ0) is 20.8. The van der Waals surface area contributed by atoms with Gasteiger partial charge in [0.2, 0.25) is 5.43 Å². The third-order valence-electron chi connectivity index (χ3n) is 4.05. The van der Waals surface area contributed by atoms with Crippen molar-refractivity contribution in [2.24, 2.45) is 0 Å². The number of fused-ring (bicyclic) bond motifs is 4. The fraction of sp³-hybridized carbons (Fsp3) is 0.400. The van der Waals surface area contributed by atoms with Crippen LogP contribution in [0.4, 0.5) is 0 Å². The first-order valence-electron chi connectivity index (χ1n) is 9.18. The predicted molar refractivity (Wildman–Crippen MR) is 111 cm³/mol. The highest BCUT2D eigenvalue weighted by Gasteiger charge is 2.29. The van der Waals surface area contributed by atoms with Gasteiger partial charge in [-0.2, -0.15) is 0 Å². The topological polar surface area (TPSA) is 95.7 Å². The molecule has 3 rings (SSSR count). The lowest BCUT2D eigenvalue weighted by molar-refractivity contribution is 0.0513. The Bertz CT molecular complexity index is 903. The van der Waals surface area contributed by atoms with Gasteiger partial charge >= 0.3 is 11.9 Å². The summed E-state index contributed by atoms with van der Waals surface area (Å²) < 4.78 is 16.0. The highest BCUT2D eigenvalue weighted by atomic mass is 32.2. The van der Waals surface area contributed by atoms with Gasteiger partial charge in [0, 0.05) is 11.5 Å². The van der Waals surface area contributed by atoms with E-state index in [1.165, 1.54) is 23.5 Å². The molecule has 1 aliphatic heterocycles. The Labute approximate surface area is 176 Å². The Morgan fingerprint density at radius 1 is 0.931 bits per heavy atom. The third-order valence-corrected chi connectivity index (χ3v) is 5.98. The molecule has 1 aliphatic rings.